The molecular formula is C16H21N5O4S. The number of carbonyl (C=O) groups is 1. The summed E-state index contributed by atoms with van der Waals surface area (Å²) in [6.45, 7) is 1.11. The van der Waals surface area contributed by atoms with Crippen LogP contribution in [0.2, 0.25) is 0 Å². The number of hydrogen-bond acceptors (Lipinski definition) is 6. The van der Waals surface area contributed by atoms with Crippen LogP contribution in [0.5, 0.6) is 0 Å². The maximum atomic E-state index is 12.2. The Balaban J connectivity index is 1.47. The van der Waals surface area contributed by atoms with Gasteiger partial charge in [0.15, 0.2) is 0 Å². The molecular weight excluding hydrogens is 358 g/mol. The van der Waals surface area contributed by atoms with Gasteiger partial charge in [-0.1, -0.05) is 35.5 Å². The zero-order valence-electron chi connectivity index (χ0n) is 14.4. The second-order valence-corrected chi connectivity index (χ2v) is 7.97. The molecule has 2 heterocycles. The molecule has 0 atom stereocenters. The van der Waals surface area contributed by atoms with Crippen molar-refractivity contribution < 1.29 is 17.7 Å². The molecule has 0 spiro atoms. The van der Waals surface area contributed by atoms with Crippen LogP contribution in [0.3, 0.4) is 0 Å². The van der Waals surface area contributed by atoms with Crippen molar-refractivity contribution in [1.29, 1.82) is 0 Å². The number of likely N-dealkylation sites (tertiary alicyclic amines) is 1. The molecule has 140 valence electrons. The Labute approximate surface area is 151 Å². The van der Waals surface area contributed by atoms with Crippen molar-refractivity contribution in [2.75, 3.05) is 19.3 Å². The topological polar surface area (TPSA) is 117 Å². The predicted molar refractivity (Wildman–Crippen MR) is 94.5 cm³/mol. The molecule has 3 rings (SSSR count). The van der Waals surface area contributed by atoms with Crippen LogP contribution in [0.15, 0.2) is 34.9 Å². The summed E-state index contributed by atoms with van der Waals surface area (Å²) in [5, 5.41) is 6.65. The molecule has 1 aliphatic heterocycles. The summed E-state index contributed by atoms with van der Waals surface area (Å²) in [4.78, 5) is 18.1. The molecule has 0 saturated carbocycles. The van der Waals surface area contributed by atoms with E-state index in [-0.39, 0.29) is 18.6 Å². The summed E-state index contributed by atoms with van der Waals surface area (Å²) in [6.07, 6.45) is 2.30. The molecule has 0 aliphatic carbocycles. The SMILES string of the molecule is CS(=O)(=O)NC1CCN(C(=O)NCc2nc(-c3ccccc3)no2)CC1. The highest BCUT2D eigenvalue weighted by atomic mass is 32.2. The van der Waals surface area contributed by atoms with Gasteiger partial charge < -0.3 is 14.7 Å². The molecule has 9 nitrogen and oxygen atoms in total. The van der Waals surface area contributed by atoms with Gasteiger partial charge in [-0.25, -0.2) is 17.9 Å². The van der Waals surface area contributed by atoms with E-state index in [1.54, 1.807) is 4.90 Å². The second kappa shape index (κ2) is 7.83. The zero-order chi connectivity index (χ0) is 18.6. The number of piperidine rings is 1. The van der Waals surface area contributed by atoms with Crippen LogP contribution in [-0.4, -0.2) is 54.9 Å². The Morgan fingerprint density at radius 2 is 1.96 bits per heavy atom. The van der Waals surface area contributed by atoms with Crippen LogP contribution in [0.4, 0.5) is 4.79 Å². The zero-order valence-corrected chi connectivity index (χ0v) is 15.2. The predicted octanol–water partition coefficient (Wildman–Crippen LogP) is 0.960. The van der Waals surface area contributed by atoms with Crippen molar-refractivity contribution in [1.82, 2.24) is 25.1 Å². The first-order chi connectivity index (χ1) is 12.4. The summed E-state index contributed by atoms with van der Waals surface area (Å²) < 4.78 is 30.2. The number of nitrogens with zero attached hydrogens (tertiary/aromatic N) is 3. The summed E-state index contributed by atoms with van der Waals surface area (Å²) in [6, 6.07) is 9.06. The third-order valence-electron chi connectivity index (χ3n) is 4.05. The van der Waals surface area contributed by atoms with Gasteiger partial charge in [0.2, 0.25) is 21.7 Å². The van der Waals surface area contributed by atoms with Crippen LogP contribution in [0, 0.1) is 0 Å². The van der Waals surface area contributed by atoms with Gasteiger partial charge >= 0.3 is 6.03 Å². The Bertz CT molecular complexity index is 845. The highest BCUT2D eigenvalue weighted by Gasteiger charge is 2.24. The minimum Gasteiger partial charge on any atom is -0.337 e. The first kappa shape index (κ1) is 18.3. The molecule has 2 aromatic rings. The average molecular weight is 379 g/mol. The first-order valence-corrected chi connectivity index (χ1v) is 10.2. The molecule has 0 radical (unpaired) electrons. The number of hydrogen-bond donors (Lipinski definition) is 2. The van der Waals surface area contributed by atoms with Crippen LogP contribution in [-0.2, 0) is 16.6 Å². The van der Waals surface area contributed by atoms with Crippen molar-refractivity contribution in [2.45, 2.75) is 25.4 Å². The Kier molecular flexibility index (Phi) is 5.52. The van der Waals surface area contributed by atoms with E-state index in [1.807, 2.05) is 30.3 Å². The molecule has 2 N–H and O–H groups in total. The van der Waals surface area contributed by atoms with Crippen molar-refractivity contribution in [3.63, 3.8) is 0 Å². The lowest BCUT2D eigenvalue weighted by atomic mass is 10.1. The lowest BCUT2D eigenvalue weighted by Gasteiger charge is -2.31. The van der Waals surface area contributed by atoms with Crippen LogP contribution in [0.1, 0.15) is 18.7 Å². The molecule has 10 heteroatoms. The van der Waals surface area contributed by atoms with Gasteiger partial charge in [-0.3, -0.25) is 0 Å². The number of nitrogens with one attached hydrogen (secondary N) is 2. The number of aromatic nitrogens is 2. The van der Waals surface area contributed by atoms with E-state index in [4.69, 9.17) is 4.52 Å². The van der Waals surface area contributed by atoms with Crippen LogP contribution >= 0.6 is 0 Å². The Hall–Kier alpha value is -2.46. The summed E-state index contributed by atoms with van der Waals surface area (Å²) in [5.41, 5.74) is 0.842. The largest absolute Gasteiger partial charge is 0.337 e. The fraction of sp³-hybridized carbons (Fsp3) is 0.438. The fourth-order valence-electron chi connectivity index (χ4n) is 2.80. The molecule has 1 aromatic carbocycles. The summed E-state index contributed by atoms with van der Waals surface area (Å²) >= 11 is 0. The summed E-state index contributed by atoms with van der Waals surface area (Å²) in [7, 11) is -3.23. The van der Waals surface area contributed by atoms with Gasteiger partial charge in [-0.05, 0) is 12.8 Å². The normalized spacial score (nSPS) is 15.8. The average Bonchev–Trinajstić information content (AvgIpc) is 3.09. The van der Waals surface area contributed by atoms with Gasteiger partial charge in [-0.15, -0.1) is 0 Å². The van der Waals surface area contributed by atoms with Crippen LogP contribution in [0.25, 0.3) is 11.4 Å². The van der Waals surface area contributed by atoms with Crippen molar-refractivity contribution in [2.24, 2.45) is 0 Å². The third kappa shape index (κ3) is 5.02. The molecule has 1 fully saturated rings. The standard InChI is InChI=1S/C16H21N5O4S/c1-26(23,24)20-13-7-9-21(10-8-13)16(22)17-11-14-18-15(19-25-14)12-5-3-2-4-6-12/h2-6,13,20H,7-11H2,1H3,(H,17,22). The minimum atomic E-state index is -3.23. The van der Waals surface area contributed by atoms with E-state index in [9.17, 15) is 13.2 Å². The van der Waals surface area contributed by atoms with Crippen LogP contribution < -0.4 is 10.0 Å². The van der Waals surface area contributed by atoms with Gasteiger partial charge in [0.1, 0.15) is 0 Å². The Morgan fingerprint density at radius 1 is 1.27 bits per heavy atom. The van der Waals surface area contributed by atoms with Gasteiger partial charge in [-0.2, -0.15) is 4.98 Å². The van der Waals surface area contributed by atoms with E-state index >= 15 is 0 Å². The quantitative estimate of drug-likeness (QED) is 0.799. The van der Waals surface area contributed by atoms with E-state index in [0.29, 0.717) is 37.6 Å². The number of carbonyl (C=O) groups excluding carboxylic acids is 1. The molecule has 0 unspecified atom stereocenters. The first-order valence-electron chi connectivity index (χ1n) is 8.29. The van der Waals surface area contributed by atoms with Gasteiger partial charge in [0, 0.05) is 24.7 Å². The molecule has 1 aromatic heterocycles. The van der Waals surface area contributed by atoms with E-state index < -0.39 is 10.0 Å². The maximum Gasteiger partial charge on any atom is 0.317 e. The van der Waals surface area contributed by atoms with E-state index in [0.717, 1.165) is 11.8 Å². The second-order valence-electron chi connectivity index (χ2n) is 6.19. The number of rotatable bonds is 5. The molecule has 1 saturated heterocycles. The highest BCUT2D eigenvalue weighted by Crippen LogP contribution is 2.15. The lowest BCUT2D eigenvalue weighted by molar-refractivity contribution is 0.178. The van der Waals surface area contributed by atoms with Gasteiger partial charge in [0.05, 0.1) is 12.8 Å². The lowest BCUT2D eigenvalue weighted by Crippen LogP contribution is -2.49. The number of amides is 2. The van der Waals surface area contributed by atoms with Crippen molar-refractivity contribution in [3.8, 4) is 11.4 Å². The minimum absolute atomic E-state index is 0.126. The number of sulfonamides is 1. The van der Waals surface area contributed by atoms with E-state index in [1.165, 1.54) is 0 Å². The molecule has 26 heavy (non-hydrogen) atoms. The van der Waals surface area contributed by atoms with Crippen molar-refractivity contribution >= 4 is 16.1 Å². The third-order valence-corrected chi connectivity index (χ3v) is 4.82. The molecule has 0 bridgehead atoms. The maximum absolute atomic E-state index is 12.2. The molecule has 2 amide bonds. The highest BCUT2D eigenvalue weighted by molar-refractivity contribution is 7.88. The monoisotopic (exact) mass is 379 g/mol. The Morgan fingerprint density at radius 3 is 2.62 bits per heavy atom. The summed E-state index contributed by atoms with van der Waals surface area (Å²) in [5.74, 6) is 0.799. The van der Waals surface area contributed by atoms with Gasteiger partial charge in [0.25, 0.3) is 0 Å². The van der Waals surface area contributed by atoms with Crippen molar-refractivity contribution in [3.05, 3.63) is 36.2 Å². The molecule has 1 aliphatic rings. The fourth-order valence-corrected chi connectivity index (χ4v) is 3.64. The number of benzene rings is 1. The number of urea groups is 1. The van der Waals surface area contributed by atoms with E-state index in [2.05, 4.69) is 20.2 Å². The smallest absolute Gasteiger partial charge is 0.317 e.